The Balaban J connectivity index is 1.94. The lowest BCUT2D eigenvalue weighted by molar-refractivity contribution is 0.100. The maximum atomic E-state index is 11.0. The largest absolute Gasteiger partial charge is 0.397 e. The quantitative estimate of drug-likeness (QED) is 0.697. The van der Waals surface area contributed by atoms with E-state index in [4.69, 9.17) is 11.5 Å². The third kappa shape index (κ3) is 3.25. The Morgan fingerprint density at radius 1 is 1.47 bits per heavy atom. The molecule has 2 aromatic rings. The minimum Gasteiger partial charge on any atom is -0.397 e. The second-order valence-electron chi connectivity index (χ2n) is 4.37. The minimum atomic E-state index is -0.481. The molecule has 0 spiro atoms. The Bertz CT molecular complexity index is 590. The second-order valence-corrected chi connectivity index (χ2v) is 4.37. The monoisotopic (exact) mass is 259 g/mol. The van der Waals surface area contributed by atoms with Crippen LogP contribution >= 0.6 is 0 Å². The molecular formula is C13H17N5O. The summed E-state index contributed by atoms with van der Waals surface area (Å²) in [7, 11) is 0. The highest BCUT2D eigenvalue weighted by atomic mass is 16.1. The van der Waals surface area contributed by atoms with Crippen molar-refractivity contribution in [2.45, 2.75) is 13.5 Å². The lowest BCUT2D eigenvalue weighted by atomic mass is 10.1. The molecule has 1 aromatic heterocycles. The highest BCUT2D eigenvalue weighted by Crippen LogP contribution is 2.19. The van der Waals surface area contributed by atoms with E-state index >= 15 is 0 Å². The molecule has 0 aliphatic carbocycles. The predicted molar refractivity (Wildman–Crippen MR) is 74.8 cm³/mol. The van der Waals surface area contributed by atoms with E-state index in [1.165, 1.54) is 0 Å². The summed E-state index contributed by atoms with van der Waals surface area (Å²) in [5.41, 5.74) is 13.9. The minimum absolute atomic E-state index is 0.408. The number of nitrogens with zero attached hydrogens (tertiary/aromatic N) is 2. The molecule has 2 rings (SSSR count). The van der Waals surface area contributed by atoms with Crippen LogP contribution < -0.4 is 16.8 Å². The van der Waals surface area contributed by atoms with Crippen LogP contribution in [0.4, 0.5) is 11.4 Å². The van der Waals surface area contributed by atoms with E-state index in [0.29, 0.717) is 17.8 Å². The number of aryl methyl sites for hydroxylation is 1. The fraction of sp³-hybridized carbons (Fsp3) is 0.231. The molecule has 6 heteroatoms. The Kier molecular flexibility index (Phi) is 3.70. The van der Waals surface area contributed by atoms with Gasteiger partial charge in [0.15, 0.2) is 0 Å². The Morgan fingerprint density at radius 3 is 2.84 bits per heavy atom. The van der Waals surface area contributed by atoms with Crippen molar-refractivity contribution in [2.75, 3.05) is 17.6 Å². The van der Waals surface area contributed by atoms with Crippen LogP contribution in [0.1, 0.15) is 15.9 Å². The van der Waals surface area contributed by atoms with Gasteiger partial charge in [0.05, 0.1) is 24.1 Å². The summed E-state index contributed by atoms with van der Waals surface area (Å²) in [5.74, 6) is -0.481. The molecule has 0 atom stereocenters. The van der Waals surface area contributed by atoms with E-state index in [2.05, 4.69) is 10.4 Å². The summed E-state index contributed by atoms with van der Waals surface area (Å²) in [6, 6.07) is 4.98. The van der Waals surface area contributed by atoms with Gasteiger partial charge in [-0.15, -0.1) is 0 Å². The van der Waals surface area contributed by atoms with Crippen molar-refractivity contribution < 1.29 is 4.79 Å². The number of rotatable bonds is 5. The number of hydrogen-bond acceptors (Lipinski definition) is 4. The molecule has 100 valence electrons. The van der Waals surface area contributed by atoms with Gasteiger partial charge < -0.3 is 16.8 Å². The van der Waals surface area contributed by atoms with Gasteiger partial charge in [-0.3, -0.25) is 9.48 Å². The first-order chi connectivity index (χ1) is 9.06. The third-order valence-electron chi connectivity index (χ3n) is 2.75. The summed E-state index contributed by atoms with van der Waals surface area (Å²) >= 11 is 0. The molecule has 0 unspecified atom stereocenters. The first-order valence-electron chi connectivity index (χ1n) is 5.98. The Morgan fingerprint density at radius 2 is 2.26 bits per heavy atom. The highest BCUT2D eigenvalue weighted by Gasteiger charge is 2.04. The Labute approximate surface area is 111 Å². The summed E-state index contributed by atoms with van der Waals surface area (Å²) in [6.45, 7) is 3.43. The average Bonchev–Trinajstić information content (AvgIpc) is 2.77. The molecule has 0 saturated carbocycles. The standard InChI is InChI=1S/C13H17N5O/c1-9-7-17-18(8-9)5-4-16-12-3-2-10(13(15)19)6-11(12)14/h2-3,6-8,16H,4-5,14H2,1H3,(H2,15,19). The van der Waals surface area contributed by atoms with E-state index in [-0.39, 0.29) is 0 Å². The fourth-order valence-corrected chi connectivity index (χ4v) is 1.77. The van der Waals surface area contributed by atoms with Crippen LogP contribution in [0, 0.1) is 6.92 Å². The van der Waals surface area contributed by atoms with Crippen molar-refractivity contribution in [3.05, 3.63) is 41.7 Å². The summed E-state index contributed by atoms with van der Waals surface area (Å²) in [6.07, 6.45) is 3.79. The topological polar surface area (TPSA) is 99.0 Å². The van der Waals surface area contributed by atoms with E-state index in [1.807, 2.05) is 24.0 Å². The first kappa shape index (κ1) is 12.9. The molecule has 6 nitrogen and oxygen atoms in total. The number of anilines is 2. The third-order valence-corrected chi connectivity index (χ3v) is 2.75. The van der Waals surface area contributed by atoms with Gasteiger partial charge in [-0.1, -0.05) is 0 Å². The number of carbonyl (C=O) groups excluding carboxylic acids is 1. The van der Waals surface area contributed by atoms with Gasteiger partial charge in [0.2, 0.25) is 5.91 Å². The molecule has 0 aliphatic rings. The lowest BCUT2D eigenvalue weighted by Crippen LogP contribution is -2.14. The van der Waals surface area contributed by atoms with E-state index < -0.39 is 5.91 Å². The molecule has 0 fully saturated rings. The highest BCUT2D eigenvalue weighted by molar-refractivity contribution is 5.94. The number of nitrogen functional groups attached to an aromatic ring is 1. The van der Waals surface area contributed by atoms with E-state index in [9.17, 15) is 4.79 Å². The smallest absolute Gasteiger partial charge is 0.248 e. The average molecular weight is 259 g/mol. The number of nitrogens with one attached hydrogen (secondary N) is 1. The van der Waals surface area contributed by atoms with Crippen LogP contribution in [-0.4, -0.2) is 22.2 Å². The van der Waals surface area contributed by atoms with Crippen molar-refractivity contribution in [2.24, 2.45) is 5.73 Å². The van der Waals surface area contributed by atoms with Crippen LogP contribution in [0.3, 0.4) is 0 Å². The van der Waals surface area contributed by atoms with Gasteiger partial charge in [0, 0.05) is 18.3 Å². The molecule has 0 radical (unpaired) electrons. The summed E-state index contributed by atoms with van der Waals surface area (Å²) in [4.78, 5) is 11.0. The molecule has 1 amide bonds. The van der Waals surface area contributed by atoms with Crippen LogP contribution in [0.25, 0.3) is 0 Å². The molecule has 5 N–H and O–H groups in total. The number of amides is 1. The van der Waals surface area contributed by atoms with Crippen LogP contribution in [0.5, 0.6) is 0 Å². The number of hydrogen-bond donors (Lipinski definition) is 3. The zero-order valence-electron chi connectivity index (χ0n) is 10.8. The maximum absolute atomic E-state index is 11.0. The van der Waals surface area contributed by atoms with Gasteiger partial charge in [-0.05, 0) is 30.7 Å². The van der Waals surface area contributed by atoms with Crippen molar-refractivity contribution in [1.82, 2.24) is 9.78 Å². The van der Waals surface area contributed by atoms with Crippen molar-refractivity contribution in [1.29, 1.82) is 0 Å². The van der Waals surface area contributed by atoms with Gasteiger partial charge in [-0.25, -0.2) is 0 Å². The van der Waals surface area contributed by atoms with Gasteiger partial charge in [-0.2, -0.15) is 5.10 Å². The van der Waals surface area contributed by atoms with Crippen LogP contribution in [0.2, 0.25) is 0 Å². The number of aromatic nitrogens is 2. The summed E-state index contributed by atoms with van der Waals surface area (Å²) in [5, 5.41) is 7.39. The first-order valence-corrected chi connectivity index (χ1v) is 5.98. The molecule has 0 saturated heterocycles. The lowest BCUT2D eigenvalue weighted by Gasteiger charge is -2.10. The molecule has 1 heterocycles. The van der Waals surface area contributed by atoms with Crippen LogP contribution in [-0.2, 0) is 6.54 Å². The SMILES string of the molecule is Cc1cnn(CCNc2ccc(C(N)=O)cc2N)c1. The van der Waals surface area contributed by atoms with Crippen molar-refractivity contribution >= 4 is 17.3 Å². The normalized spacial score (nSPS) is 10.4. The number of nitrogens with two attached hydrogens (primary N) is 2. The second kappa shape index (κ2) is 5.43. The molecular weight excluding hydrogens is 242 g/mol. The summed E-state index contributed by atoms with van der Waals surface area (Å²) < 4.78 is 1.86. The number of primary amides is 1. The van der Waals surface area contributed by atoms with Gasteiger partial charge in [0.1, 0.15) is 0 Å². The Hall–Kier alpha value is -2.50. The molecule has 0 bridgehead atoms. The van der Waals surface area contributed by atoms with Gasteiger partial charge >= 0.3 is 0 Å². The number of carbonyl (C=O) groups is 1. The predicted octanol–water partition coefficient (Wildman–Crippen LogP) is 0.985. The molecule has 0 aliphatic heterocycles. The van der Waals surface area contributed by atoms with Crippen molar-refractivity contribution in [3.63, 3.8) is 0 Å². The number of benzene rings is 1. The molecule has 1 aromatic carbocycles. The van der Waals surface area contributed by atoms with E-state index in [0.717, 1.165) is 17.8 Å². The maximum Gasteiger partial charge on any atom is 0.248 e. The van der Waals surface area contributed by atoms with Gasteiger partial charge in [0.25, 0.3) is 0 Å². The van der Waals surface area contributed by atoms with Crippen molar-refractivity contribution in [3.8, 4) is 0 Å². The zero-order valence-corrected chi connectivity index (χ0v) is 10.8. The van der Waals surface area contributed by atoms with Crippen LogP contribution in [0.15, 0.2) is 30.6 Å². The zero-order chi connectivity index (χ0) is 13.8. The fourth-order valence-electron chi connectivity index (χ4n) is 1.77. The molecule has 19 heavy (non-hydrogen) atoms. The van der Waals surface area contributed by atoms with E-state index in [1.54, 1.807) is 18.2 Å².